The zero-order chi connectivity index (χ0) is 20.6. The fourth-order valence-corrected chi connectivity index (χ4v) is 4.55. The minimum atomic E-state index is -1.52. The Morgan fingerprint density at radius 3 is 2.57 bits per heavy atom. The van der Waals surface area contributed by atoms with Crippen molar-refractivity contribution in [3.05, 3.63) is 29.3 Å². The Morgan fingerprint density at radius 1 is 1.29 bits per heavy atom. The van der Waals surface area contributed by atoms with E-state index in [1.807, 2.05) is 19.1 Å². The van der Waals surface area contributed by atoms with E-state index in [2.05, 4.69) is 10.4 Å². The summed E-state index contributed by atoms with van der Waals surface area (Å²) in [6.07, 6.45) is 0.721. The molecular weight excluding hydrogens is 384 g/mol. The van der Waals surface area contributed by atoms with Crippen molar-refractivity contribution in [2.45, 2.75) is 32.1 Å². The molecule has 0 aromatic heterocycles. The summed E-state index contributed by atoms with van der Waals surface area (Å²) in [6, 6.07) is 5.45. The van der Waals surface area contributed by atoms with Crippen molar-refractivity contribution >= 4 is 46.3 Å². The zero-order valence-electron chi connectivity index (χ0n) is 15.9. The van der Waals surface area contributed by atoms with Gasteiger partial charge < -0.3 is 10.1 Å². The van der Waals surface area contributed by atoms with E-state index in [4.69, 9.17) is 4.74 Å². The highest BCUT2D eigenvalue weighted by Crippen LogP contribution is 2.54. The standard InChI is InChI=1S/C18H20N4O5S/c1-5-12-6-7-14-13(8-12)18(16(26)21(14)9-15(25)27-4)22(11(3)24)20-17(28-18)19-10(2)23/h6-8H,5,9H2,1-4H3,(H,19,20,23)/t18-/m0/s1. The highest BCUT2D eigenvalue weighted by Gasteiger charge is 2.61. The molecule has 148 valence electrons. The zero-order valence-corrected chi connectivity index (χ0v) is 16.8. The first-order valence-corrected chi connectivity index (χ1v) is 9.44. The minimum absolute atomic E-state index is 0.142. The second kappa shape index (κ2) is 7.27. The first-order chi connectivity index (χ1) is 13.2. The van der Waals surface area contributed by atoms with Gasteiger partial charge in [-0.25, -0.2) is 0 Å². The normalized spacial score (nSPS) is 20.3. The summed E-state index contributed by atoms with van der Waals surface area (Å²) in [5.74, 6) is -1.91. The Balaban J connectivity index is 2.17. The molecule has 1 aromatic carbocycles. The van der Waals surface area contributed by atoms with Crippen LogP contribution in [0.3, 0.4) is 0 Å². The van der Waals surface area contributed by atoms with Gasteiger partial charge in [-0.05, 0) is 35.9 Å². The molecule has 2 heterocycles. The van der Waals surface area contributed by atoms with Crippen LogP contribution in [0.1, 0.15) is 31.9 Å². The van der Waals surface area contributed by atoms with Gasteiger partial charge in [0.1, 0.15) is 6.54 Å². The van der Waals surface area contributed by atoms with Crippen LogP contribution >= 0.6 is 11.8 Å². The van der Waals surface area contributed by atoms with Crippen LogP contribution in [0, 0.1) is 0 Å². The number of benzene rings is 1. The molecule has 0 bridgehead atoms. The molecule has 3 amide bonds. The molecule has 2 aliphatic heterocycles. The number of methoxy groups -OCH3 is 1. The number of amides is 3. The van der Waals surface area contributed by atoms with Gasteiger partial charge in [-0.1, -0.05) is 13.0 Å². The quantitative estimate of drug-likeness (QED) is 0.751. The van der Waals surface area contributed by atoms with E-state index >= 15 is 0 Å². The molecule has 2 aliphatic rings. The molecule has 0 unspecified atom stereocenters. The summed E-state index contributed by atoms with van der Waals surface area (Å²) in [5, 5.41) is 7.92. The minimum Gasteiger partial charge on any atom is -0.468 e. The molecule has 0 fully saturated rings. The summed E-state index contributed by atoms with van der Waals surface area (Å²) in [5.41, 5.74) is 2.01. The number of nitrogens with zero attached hydrogens (tertiary/aromatic N) is 3. The highest BCUT2D eigenvalue weighted by molar-refractivity contribution is 8.15. The van der Waals surface area contributed by atoms with Gasteiger partial charge in [0.2, 0.25) is 16.7 Å². The largest absolute Gasteiger partial charge is 0.468 e. The van der Waals surface area contributed by atoms with Crippen molar-refractivity contribution in [3.8, 4) is 0 Å². The van der Waals surface area contributed by atoms with E-state index in [0.717, 1.165) is 28.8 Å². The monoisotopic (exact) mass is 404 g/mol. The lowest BCUT2D eigenvalue weighted by atomic mass is 10.0. The Bertz CT molecular complexity index is 915. The van der Waals surface area contributed by atoms with Gasteiger partial charge in [-0.15, -0.1) is 5.10 Å². The molecule has 10 heteroatoms. The van der Waals surface area contributed by atoms with Crippen molar-refractivity contribution < 1.29 is 23.9 Å². The highest BCUT2D eigenvalue weighted by atomic mass is 32.2. The first-order valence-electron chi connectivity index (χ1n) is 8.62. The molecule has 0 saturated carbocycles. The van der Waals surface area contributed by atoms with Gasteiger partial charge >= 0.3 is 5.97 Å². The number of thioether (sulfide) groups is 1. The molecule has 9 nitrogen and oxygen atoms in total. The van der Waals surface area contributed by atoms with Gasteiger partial charge in [-0.3, -0.25) is 24.1 Å². The molecule has 1 spiro atoms. The molecule has 28 heavy (non-hydrogen) atoms. The number of carbonyl (C=O) groups excluding carboxylic acids is 4. The lowest BCUT2D eigenvalue weighted by molar-refractivity contribution is -0.141. The number of hydrazone groups is 1. The third kappa shape index (κ3) is 3.03. The summed E-state index contributed by atoms with van der Waals surface area (Å²) >= 11 is 0.974. The maximum atomic E-state index is 13.5. The predicted molar refractivity (Wildman–Crippen MR) is 103 cm³/mol. The van der Waals surface area contributed by atoms with Crippen LogP contribution in [0.25, 0.3) is 0 Å². The number of hydrogen-bond acceptors (Lipinski definition) is 7. The number of rotatable bonds is 3. The van der Waals surface area contributed by atoms with Crippen LogP contribution in [0.5, 0.6) is 0 Å². The van der Waals surface area contributed by atoms with E-state index in [1.165, 1.54) is 25.9 Å². The Hall–Kier alpha value is -2.88. The molecule has 1 N–H and O–H groups in total. The summed E-state index contributed by atoms with van der Waals surface area (Å²) in [4.78, 5) is 49.0. The van der Waals surface area contributed by atoms with Crippen molar-refractivity contribution in [1.29, 1.82) is 0 Å². The third-order valence-electron chi connectivity index (χ3n) is 4.49. The van der Waals surface area contributed by atoms with Crippen LogP contribution in [-0.4, -0.2) is 47.5 Å². The van der Waals surface area contributed by atoms with E-state index < -0.39 is 22.7 Å². The van der Waals surface area contributed by atoms with E-state index in [9.17, 15) is 19.2 Å². The lowest BCUT2D eigenvalue weighted by Gasteiger charge is -2.29. The fourth-order valence-electron chi connectivity index (χ4n) is 3.23. The molecule has 3 rings (SSSR count). The topological polar surface area (TPSA) is 108 Å². The Labute approximate surface area is 166 Å². The number of amidine groups is 1. The second-order valence-corrected chi connectivity index (χ2v) is 7.52. The summed E-state index contributed by atoms with van der Waals surface area (Å²) in [6.45, 7) is 4.29. The van der Waals surface area contributed by atoms with Gasteiger partial charge in [0.15, 0.2) is 5.17 Å². The van der Waals surface area contributed by atoms with Crippen molar-refractivity contribution in [3.63, 3.8) is 0 Å². The molecule has 0 saturated heterocycles. The molecular formula is C18H20N4O5S. The van der Waals surface area contributed by atoms with E-state index in [0.29, 0.717) is 11.3 Å². The van der Waals surface area contributed by atoms with Gasteiger partial charge in [0.05, 0.1) is 12.8 Å². The number of carbonyl (C=O) groups is 4. The van der Waals surface area contributed by atoms with Gasteiger partial charge in [-0.2, -0.15) is 5.01 Å². The fraction of sp³-hybridized carbons (Fsp3) is 0.389. The van der Waals surface area contributed by atoms with E-state index in [-0.39, 0.29) is 17.6 Å². The van der Waals surface area contributed by atoms with Crippen LogP contribution in [0.2, 0.25) is 0 Å². The number of esters is 1. The Kier molecular flexibility index (Phi) is 5.16. The van der Waals surface area contributed by atoms with Crippen LogP contribution in [0.4, 0.5) is 5.69 Å². The number of ether oxygens (including phenoxy) is 1. The van der Waals surface area contributed by atoms with Crippen LogP contribution < -0.4 is 10.2 Å². The number of fused-ring (bicyclic) bond motifs is 2. The van der Waals surface area contributed by atoms with Crippen LogP contribution in [0.15, 0.2) is 23.3 Å². The molecule has 0 aliphatic carbocycles. The lowest BCUT2D eigenvalue weighted by Crippen LogP contribution is -2.49. The smallest absolute Gasteiger partial charge is 0.325 e. The molecule has 0 radical (unpaired) electrons. The second-order valence-electron chi connectivity index (χ2n) is 6.34. The summed E-state index contributed by atoms with van der Waals surface area (Å²) < 4.78 is 4.71. The SMILES string of the molecule is CCc1ccc2c(c1)[C@]1(SC(NC(C)=O)=NN1C(C)=O)C(=O)N2CC(=O)OC. The average Bonchev–Trinajstić information content (AvgIpc) is 3.13. The number of aryl methyl sites for hydroxylation is 1. The number of anilines is 1. The third-order valence-corrected chi connectivity index (χ3v) is 5.73. The number of nitrogens with one attached hydrogen (secondary N) is 1. The molecule has 1 aromatic rings. The maximum absolute atomic E-state index is 13.5. The molecule has 1 atom stereocenters. The van der Waals surface area contributed by atoms with Gasteiger partial charge in [0, 0.05) is 19.4 Å². The summed E-state index contributed by atoms with van der Waals surface area (Å²) in [7, 11) is 1.24. The van der Waals surface area contributed by atoms with Crippen molar-refractivity contribution in [2.24, 2.45) is 5.10 Å². The van der Waals surface area contributed by atoms with Crippen LogP contribution in [-0.2, 0) is 35.2 Å². The number of hydrogen-bond donors (Lipinski definition) is 1. The maximum Gasteiger partial charge on any atom is 0.325 e. The predicted octanol–water partition coefficient (Wildman–Crippen LogP) is 0.924. The Morgan fingerprint density at radius 2 is 2.00 bits per heavy atom. The van der Waals surface area contributed by atoms with Crippen molar-refractivity contribution in [2.75, 3.05) is 18.6 Å². The average molecular weight is 404 g/mol. The van der Waals surface area contributed by atoms with Crippen molar-refractivity contribution in [1.82, 2.24) is 10.3 Å². The first kappa shape index (κ1) is 19.9. The van der Waals surface area contributed by atoms with E-state index in [1.54, 1.807) is 6.07 Å². The van der Waals surface area contributed by atoms with Gasteiger partial charge in [0.25, 0.3) is 5.91 Å².